The van der Waals surface area contributed by atoms with E-state index in [0.717, 1.165) is 19.2 Å². The van der Waals surface area contributed by atoms with Crippen molar-refractivity contribution in [3.63, 3.8) is 0 Å². The molecule has 24 heavy (non-hydrogen) atoms. The third-order valence-corrected chi connectivity index (χ3v) is 3.37. The molecule has 0 unspecified atom stereocenters. The number of amides is 1. The summed E-state index contributed by atoms with van der Waals surface area (Å²) < 4.78 is 18.3. The normalized spacial score (nSPS) is 14.1. The van der Waals surface area contributed by atoms with Crippen LogP contribution in [0.1, 0.15) is 0 Å². The Labute approximate surface area is 135 Å². The van der Waals surface area contributed by atoms with Crippen molar-refractivity contribution in [3.8, 4) is 0 Å². The molecule has 2 rings (SSSR count). The van der Waals surface area contributed by atoms with Gasteiger partial charge in [-0.15, -0.1) is 0 Å². The summed E-state index contributed by atoms with van der Waals surface area (Å²) in [4.78, 5) is 35.0. The van der Waals surface area contributed by atoms with E-state index in [2.05, 4.69) is 10.1 Å². The zero-order valence-electron chi connectivity index (χ0n) is 12.6. The summed E-state index contributed by atoms with van der Waals surface area (Å²) in [5.74, 6) is -2.39. The van der Waals surface area contributed by atoms with Gasteiger partial charge in [-0.25, -0.2) is 4.79 Å². The number of hydrogen-bond donors (Lipinski definition) is 2. The van der Waals surface area contributed by atoms with Crippen LogP contribution in [-0.4, -0.2) is 53.6 Å². The first-order chi connectivity index (χ1) is 11.4. The Bertz CT molecular complexity index is 733. The van der Waals surface area contributed by atoms with E-state index in [9.17, 15) is 24.1 Å². The SMILES string of the molecule is COC(=O)C1=C(Nc2ccc([N+](=O)[O-])c(F)c2)C(=O)N(CCO)C1. The van der Waals surface area contributed by atoms with Crippen molar-refractivity contribution in [3.05, 3.63) is 45.4 Å². The number of methoxy groups -OCH3 is 1. The molecule has 0 saturated carbocycles. The quantitative estimate of drug-likeness (QED) is 0.437. The summed E-state index contributed by atoms with van der Waals surface area (Å²) in [7, 11) is 1.15. The smallest absolute Gasteiger partial charge is 0.337 e. The second-order valence-corrected chi connectivity index (χ2v) is 4.84. The van der Waals surface area contributed by atoms with Crippen molar-refractivity contribution in [2.75, 3.05) is 32.1 Å². The summed E-state index contributed by atoms with van der Waals surface area (Å²) in [5, 5.41) is 22.2. The number of aliphatic hydroxyl groups is 1. The minimum Gasteiger partial charge on any atom is -0.466 e. The number of hydrogen-bond acceptors (Lipinski definition) is 7. The van der Waals surface area contributed by atoms with Gasteiger partial charge >= 0.3 is 11.7 Å². The Morgan fingerprint density at radius 2 is 2.25 bits per heavy atom. The number of rotatable bonds is 6. The van der Waals surface area contributed by atoms with Crippen LogP contribution in [0.4, 0.5) is 15.8 Å². The van der Waals surface area contributed by atoms with Crippen LogP contribution in [0.5, 0.6) is 0 Å². The average Bonchev–Trinajstić information content (AvgIpc) is 2.84. The summed E-state index contributed by atoms with van der Waals surface area (Å²) in [5.41, 5.74) is -0.741. The maximum Gasteiger partial charge on any atom is 0.337 e. The monoisotopic (exact) mass is 339 g/mol. The van der Waals surface area contributed by atoms with Gasteiger partial charge in [-0.05, 0) is 6.07 Å². The Balaban J connectivity index is 2.33. The second kappa shape index (κ2) is 7.04. The molecule has 0 aliphatic carbocycles. The van der Waals surface area contributed by atoms with Crippen LogP contribution in [0, 0.1) is 15.9 Å². The van der Waals surface area contributed by atoms with Gasteiger partial charge in [-0.1, -0.05) is 0 Å². The lowest BCUT2D eigenvalue weighted by molar-refractivity contribution is -0.387. The first-order valence-electron chi connectivity index (χ1n) is 6.81. The van der Waals surface area contributed by atoms with Crippen molar-refractivity contribution < 1.29 is 28.7 Å². The lowest BCUT2D eigenvalue weighted by Gasteiger charge is -2.15. The van der Waals surface area contributed by atoms with Crippen LogP contribution in [-0.2, 0) is 14.3 Å². The molecule has 10 heteroatoms. The molecule has 1 aliphatic heterocycles. The fourth-order valence-electron chi connectivity index (χ4n) is 2.23. The van der Waals surface area contributed by atoms with E-state index >= 15 is 0 Å². The standard InChI is InChI=1S/C14H14FN3O6/c1-24-14(21)9-7-17(4-5-19)13(20)12(9)16-8-2-3-11(18(22)23)10(15)6-8/h2-3,6,16,19H,4-5,7H2,1H3. The van der Waals surface area contributed by atoms with E-state index in [1.807, 2.05) is 0 Å². The number of nitro benzene ring substituents is 1. The number of halogens is 1. The number of nitro groups is 1. The molecule has 1 aromatic rings. The van der Waals surface area contributed by atoms with E-state index in [1.165, 1.54) is 11.0 Å². The number of anilines is 1. The highest BCUT2D eigenvalue weighted by Crippen LogP contribution is 2.25. The van der Waals surface area contributed by atoms with Gasteiger partial charge in [0.2, 0.25) is 5.82 Å². The third-order valence-electron chi connectivity index (χ3n) is 3.37. The molecule has 1 heterocycles. The Kier molecular flexibility index (Phi) is 5.09. The number of nitrogens with zero attached hydrogens (tertiary/aromatic N) is 2. The van der Waals surface area contributed by atoms with Crippen molar-refractivity contribution in [2.45, 2.75) is 0 Å². The summed E-state index contributed by atoms with van der Waals surface area (Å²) >= 11 is 0. The number of carbonyl (C=O) groups excluding carboxylic acids is 2. The van der Waals surface area contributed by atoms with E-state index in [-0.39, 0.29) is 36.7 Å². The van der Waals surface area contributed by atoms with Gasteiger partial charge in [0.1, 0.15) is 5.70 Å². The Morgan fingerprint density at radius 1 is 1.54 bits per heavy atom. The van der Waals surface area contributed by atoms with Gasteiger partial charge in [-0.2, -0.15) is 4.39 Å². The van der Waals surface area contributed by atoms with Gasteiger partial charge in [0.05, 0.1) is 30.8 Å². The van der Waals surface area contributed by atoms with Crippen LogP contribution in [0.2, 0.25) is 0 Å². The molecular weight excluding hydrogens is 325 g/mol. The summed E-state index contributed by atoms with van der Waals surface area (Å²) in [6.07, 6.45) is 0. The molecule has 0 spiro atoms. The molecule has 1 amide bonds. The fraction of sp³-hybridized carbons (Fsp3) is 0.286. The Hall–Kier alpha value is -3.01. The number of nitrogens with one attached hydrogen (secondary N) is 1. The molecular formula is C14H14FN3O6. The number of carbonyl (C=O) groups is 2. The van der Waals surface area contributed by atoms with Crippen molar-refractivity contribution in [2.24, 2.45) is 0 Å². The lowest BCUT2D eigenvalue weighted by atomic mass is 10.2. The van der Waals surface area contributed by atoms with Crippen LogP contribution in [0.3, 0.4) is 0 Å². The summed E-state index contributed by atoms with van der Waals surface area (Å²) in [6, 6.07) is 3.01. The van der Waals surface area contributed by atoms with Gasteiger partial charge in [0, 0.05) is 24.4 Å². The number of benzene rings is 1. The maximum absolute atomic E-state index is 13.7. The molecule has 1 aliphatic rings. The van der Waals surface area contributed by atoms with Gasteiger partial charge in [-0.3, -0.25) is 14.9 Å². The topological polar surface area (TPSA) is 122 Å². The van der Waals surface area contributed by atoms with Crippen LogP contribution in [0.15, 0.2) is 29.5 Å². The predicted molar refractivity (Wildman–Crippen MR) is 79.4 cm³/mol. The van der Waals surface area contributed by atoms with Crippen LogP contribution < -0.4 is 5.32 Å². The first kappa shape index (κ1) is 17.3. The number of esters is 1. The zero-order chi connectivity index (χ0) is 17.9. The maximum atomic E-state index is 13.7. The average molecular weight is 339 g/mol. The minimum absolute atomic E-state index is 0.0130. The van der Waals surface area contributed by atoms with Crippen molar-refractivity contribution >= 4 is 23.3 Å². The van der Waals surface area contributed by atoms with Gasteiger partial charge < -0.3 is 20.1 Å². The van der Waals surface area contributed by atoms with E-state index in [4.69, 9.17) is 5.11 Å². The Morgan fingerprint density at radius 3 is 2.79 bits per heavy atom. The second-order valence-electron chi connectivity index (χ2n) is 4.84. The van der Waals surface area contributed by atoms with E-state index in [0.29, 0.717) is 0 Å². The third kappa shape index (κ3) is 3.33. The van der Waals surface area contributed by atoms with E-state index in [1.54, 1.807) is 0 Å². The van der Waals surface area contributed by atoms with Crippen molar-refractivity contribution in [1.29, 1.82) is 0 Å². The molecule has 0 radical (unpaired) electrons. The minimum atomic E-state index is -1.08. The largest absolute Gasteiger partial charge is 0.466 e. The molecule has 2 N–H and O–H groups in total. The molecule has 0 saturated heterocycles. The van der Waals surface area contributed by atoms with Crippen molar-refractivity contribution in [1.82, 2.24) is 4.90 Å². The molecule has 128 valence electrons. The highest BCUT2D eigenvalue weighted by molar-refractivity contribution is 6.08. The molecule has 1 aromatic carbocycles. The molecule has 9 nitrogen and oxygen atoms in total. The number of β-amino-alcohol motifs (C(OH)–C–C–N with tert-alkyl or cyclic N) is 1. The zero-order valence-corrected chi connectivity index (χ0v) is 12.6. The van der Waals surface area contributed by atoms with E-state index < -0.39 is 28.3 Å². The number of aliphatic hydroxyl groups excluding tert-OH is 1. The van der Waals surface area contributed by atoms with Gasteiger partial charge in [0.25, 0.3) is 5.91 Å². The van der Waals surface area contributed by atoms with Gasteiger partial charge in [0.15, 0.2) is 0 Å². The highest BCUT2D eigenvalue weighted by atomic mass is 19.1. The number of ether oxygens (including phenoxy) is 1. The van der Waals surface area contributed by atoms with Crippen LogP contribution in [0.25, 0.3) is 0 Å². The lowest BCUT2D eigenvalue weighted by Crippen LogP contribution is -2.31. The van der Waals surface area contributed by atoms with Crippen LogP contribution >= 0.6 is 0 Å². The molecule has 0 atom stereocenters. The molecule has 0 fully saturated rings. The fourth-order valence-corrected chi connectivity index (χ4v) is 2.23. The first-order valence-corrected chi connectivity index (χ1v) is 6.81. The predicted octanol–water partition coefficient (Wildman–Crippen LogP) is 0.407. The summed E-state index contributed by atoms with van der Waals surface area (Å²) in [6.45, 7) is -0.345. The molecule has 0 aromatic heterocycles. The highest BCUT2D eigenvalue weighted by Gasteiger charge is 2.34. The molecule has 0 bridgehead atoms.